The van der Waals surface area contributed by atoms with E-state index in [1.54, 1.807) is 36.4 Å². The Balaban J connectivity index is 0.000000287. The number of benzene rings is 4. The van der Waals surface area contributed by atoms with Gasteiger partial charge in [-0.2, -0.15) is 0 Å². The number of ether oxygens (including phenoxy) is 4. The summed E-state index contributed by atoms with van der Waals surface area (Å²) in [4.78, 5) is 12.2. The van der Waals surface area contributed by atoms with Crippen molar-refractivity contribution in [3.63, 3.8) is 0 Å². The van der Waals surface area contributed by atoms with Crippen LogP contribution >= 0.6 is 0 Å². The Morgan fingerprint density at radius 2 is 0.980 bits per heavy atom. The molecule has 0 aromatic heterocycles. The van der Waals surface area contributed by atoms with Crippen molar-refractivity contribution in [1.29, 1.82) is 0 Å². The van der Waals surface area contributed by atoms with Gasteiger partial charge in [-0.1, -0.05) is 77.9 Å². The molecule has 4 aromatic carbocycles. The molecular weight excluding hydrogens is 636 g/mol. The number of phenolic OH excluding ortho intramolecular Hbond substituents is 1. The number of hydrogen-bond donors (Lipinski definition) is 1. The molecule has 51 heavy (non-hydrogen) atoms. The molecule has 4 unspecified atom stereocenters. The van der Waals surface area contributed by atoms with E-state index in [4.69, 9.17) is 24.1 Å². The summed E-state index contributed by atoms with van der Waals surface area (Å²) in [6.07, 6.45) is 3.21. The fourth-order valence-corrected chi connectivity index (χ4v) is 4.89. The molecule has 1 N–H and O–H groups in total. The third kappa shape index (κ3) is 16.1. The van der Waals surface area contributed by atoms with Gasteiger partial charge in [-0.05, 0) is 149 Å². The Labute approximate surface area is 308 Å². The lowest BCUT2D eigenvalue weighted by molar-refractivity contribution is -0.0613. The largest absolute Gasteiger partial charge is 0.508 e. The summed E-state index contributed by atoms with van der Waals surface area (Å²) in [5.74, 6) is 3.84. The topological polar surface area (TPSA) is 74.2 Å². The molecule has 0 radical (unpaired) electrons. The monoisotopic (exact) mass is 698 g/mol. The fraction of sp³-hybridized carbons (Fsp3) is 0.444. The highest BCUT2D eigenvalue weighted by molar-refractivity contribution is 5.91. The van der Waals surface area contributed by atoms with E-state index in [9.17, 15) is 4.79 Å². The maximum Gasteiger partial charge on any atom is 0.343 e. The Morgan fingerprint density at radius 1 is 0.588 bits per heavy atom. The summed E-state index contributed by atoms with van der Waals surface area (Å²) >= 11 is 0. The molecule has 6 heteroatoms. The molecule has 0 aliphatic carbocycles. The van der Waals surface area contributed by atoms with Gasteiger partial charge < -0.3 is 24.1 Å². The molecule has 0 saturated heterocycles. The standard InChI is InChI=1S/C21H26O3.C14H22O2.C10H14O/c1-6-15(2)16-7-11-18(12-8-16)23-20(22)17-9-13-19(14-10-17)24-21(3,4)5;1-5-11(3)13-7-9-14(10-8-13)16-12(4)15-6-2;1-3-8(2)9-4-6-10(11)7-5-9/h7-15H,6H2,1-5H3;7-12H,5-6H2,1-4H3;4-8,11H,3H2,1-2H3. The van der Waals surface area contributed by atoms with Crippen molar-refractivity contribution < 1.29 is 28.8 Å². The zero-order valence-corrected chi connectivity index (χ0v) is 32.9. The smallest absolute Gasteiger partial charge is 0.343 e. The van der Waals surface area contributed by atoms with Crippen molar-refractivity contribution >= 4 is 5.97 Å². The first-order valence-corrected chi connectivity index (χ1v) is 18.5. The van der Waals surface area contributed by atoms with Gasteiger partial charge in [-0.25, -0.2) is 4.79 Å². The number of hydrogen-bond acceptors (Lipinski definition) is 6. The van der Waals surface area contributed by atoms with Crippen LogP contribution in [0.3, 0.4) is 0 Å². The first-order valence-electron chi connectivity index (χ1n) is 18.5. The van der Waals surface area contributed by atoms with E-state index in [1.165, 1.54) is 16.7 Å². The number of carbonyl (C=O) groups is 1. The van der Waals surface area contributed by atoms with Crippen LogP contribution in [0.5, 0.6) is 23.0 Å². The first-order chi connectivity index (χ1) is 24.2. The van der Waals surface area contributed by atoms with Crippen molar-refractivity contribution in [3.05, 3.63) is 119 Å². The first kappa shape index (κ1) is 42.9. The van der Waals surface area contributed by atoms with E-state index < -0.39 is 0 Å². The van der Waals surface area contributed by atoms with Gasteiger partial charge in [0.05, 0.1) is 5.56 Å². The minimum absolute atomic E-state index is 0.181. The Kier molecular flexibility index (Phi) is 18.3. The summed E-state index contributed by atoms with van der Waals surface area (Å²) in [5.41, 5.74) is 4.15. The van der Waals surface area contributed by atoms with Crippen molar-refractivity contribution in [2.24, 2.45) is 0 Å². The quantitative estimate of drug-likeness (QED) is 0.0851. The normalized spacial score (nSPS) is 13.2. The molecule has 4 aromatic rings. The molecule has 278 valence electrons. The van der Waals surface area contributed by atoms with Crippen molar-refractivity contribution in [1.82, 2.24) is 0 Å². The average Bonchev–Trinajstić information content (AvgIpc) is 3.12. The van der Waals surface area contributed by atoms with E-state index in [2.05, 4.69) is 53.7 Å². The van der Waals surface area contributed by atoms with Gasteiger partial charge in [-0.15, -0.1) is 0 Å². The van der Waals surface area contributed by atoms with Crippen LogP contribution in [0.4, 0.5) is 0 Å². The second-order valence-electron chi connectivity index (χ2n) is 13.9. The summed E-state index contributed by atoms with van der Waals surface area (Å²) < 4.78 is 22.1. The van der Waals surface area contributed by atoms with Gasteiger partial charge in [0, 0.05) is 6.61 Å². The Hall–Kier alpha value is -4.29. The van der Waals surface area contributed by atoms with Crippen LogP contribution in [0.15, 0.2) is 97.1 Å². The predicted molar refractivity (Wildman–Crippen MR) is 211 cm³/mol. The highest BCUT2D eigenvalue weighted by Crippen LogP contribution is 2.25. The maximum atomic E-state index is 12.2. The summed E-state index contributed by atoms with van der Waals surface area (Å²) in [7, 11) is 0. The van der Waals surface area contributed by atoms with Gasteiger partial charge in [0.2, 0.25) is 0 Å². The Morgan fingerprint density at radius 3 is 1.37 bits per heavy atom. The lowest BCUT2D eigenvalue weighted by Gasteiger charge is -2.21. The second-order valence-corrected chi connectivity index (χ2v) is 13.9. The molecular formula is C45H62O6. The summed E-state index contributed by atoms with van der Waals surface area (Å²) in [5, 5.41) is 9.01. The molecule has 0 saturated carbocycles. The third-order valence-corrected chi connectivity index (χ3v) is 8.63. The summed E-state index contributed by atoms with van der Waals surface area (Å²) in [6.45, 7) is 23.6. The van der Waals surface area contributed by atoms with Gasteiger partial charge in [0.25, 0.3) is 0 Å². The number of esters is 1. The van der Waals surface area contributed by atoms with Gasteiger partial charge in [-0.3, -0.25) is 0 Å². The van der Waals surface area contributed by atoms with Crippen molar-refractivity contribution in [3.8, 4) is 23.0 Å². The fourth-order valence-electron chi connectivity index (χ4n) is 4.89. The minimum atomic E-state index is -0.367. The van der Waals surface area contributed by atoms with Crippen LogP contribution in [-0.4, -0.2) is 29.6 Å². The maximum absolute atomic E-state index is 12.2. The molecule has 0 aliphatic rings. The molecule has 0 aliphatic heterocycles. The second kappa shape index (κ2) is 21.8. The highest BCUT2D eigenvalue weighted by Gasteiger charge is 2.14. The molecule has 0 heterocycles. The predicted octanol–water partition coefficient (Wildman–Crippen LogP) is 12.5. The zero-order valence-electron chi connectivity index (χ0n) is 32.9. The Bertz CT molecular complexity index is 1520. The summed E-state index contributed by atoms with van der Waals surface area (Å²) in [6, 6.07) is 30.4. The van der Waals surface area contributed by atoms with Crippen LogP contribution in [0.2, 0.25) is 0 Å². The van der Waals surface area contributed by atoms with Crippen LogP contribution in [0.25, 0.3) is 0 Å². The lowest BCUT2D eigenvalue weighted by Crippen LogP contribution is -2.22. The van der Waals surface area contributed by atoms with E-state index in [1.807, 2.05) is 83.1 Å². The van der Waals surface area contributed by atoms with Gasteiger partial charge in [0.15, 0.2) is 6.29 Å². The molecule has 0 fully saturated rings. The van der Waals surface area contributed by atoms with Crippen LogP contribution < -0.4 is 14.2 Å². The number of carbonyl (C=O) groups excluding carboxylic acids is 1. The van der Waals surface area contributed by atoms with Crippen molar-refractivity contribution in [2.75, 3.05) is 6.61 Å². The van der Waals surface area contributed by atoms with E-state index in [-0.39, 0.29) is 17.9 Å². The van der Waals surface area contributed by atoms with Crippen molar-refractivity contribution in [2.45, 2.75) is 125 Å². The number of aromatic hydroxyl groups is 1. The van der Waals surface area contributed by atoms with Gasteiger partial charge in [0.1, 0.15) is 28.6 Å². The average molecular weight is 699 g/mol. The zero-order chi connectivity index (χ0) is 38.0. The van der Waals surface area contributed by atoms with E-state index in [0.717, 1.165) is 30.8 Å². The minimum Gasteiger partial charge on any atom is -0.508 e. The van der Waals surface area contributed by atoms with E-state index >= 15 is 0 Å². The molecule has 6 nitrogen and oxygen atoms in total. The third-order valence-electron chi connectivity index (χ3n) is 8.63. The highest BCUT2D eigenvalue weighted by atomic mass is 16.7. The molecule has 4 atom stereocenters. The van der Waals surface area contributed by atoms with Gasteiger partial charge >= 0.3 is 5.97 Å². The molecule has 4 rings (SSSR count). The molecule has 0 bridgehead atoms. The molecule has 0 amide bonds. The molecule has 0 spiro atoms. The number of phenols is 1. The van der Waals surface area contributed by atoms with Crippen LogP contribution in [0.1, 0.15) is 140 Å². The lowest BCUT2D eigenvalue weighted by atomic mass is 9.99. The van der Waals surface area contributed by atoms with Crippen LogP contribution in [-0.2, 0) is 4.74 Å². The van der Waals surface area contributed by atoms with E-state index in [0.29, 0.717) is 41.4 Å². The SMILES string of the molecule is CCC(C)c1ccc(O)cc1.CCC(C)c1ccc(OC(=O)c2ccc(OC(C)(C)C)cc2)cc1.CCOC(C)Oc1ccc(C(C)CC)cc1. The number of rotatable bonds is 13. The van der Waals surface area contributed by atoms with Crippen LogP contribution in [0, 0.1) is 0 Å².